The van der Waals surface area contributed by atoms with Crippen LogP contribution >= 0.6 is 11.6 Å². The van der Waals surface area contributed by atoms with Gasteiger partial charge in [0.05, 0.1) is 18.1 Å². The zero-order valence-electron chi connectivity index (χ0n) is 13.9. The van der Waals surface area contributed by atoms with Gasteiger partial charge in [-0.3, -0.25) is 0 Å². The smallest absolute Gasteiger partial charge is 0.164 e. The summed E-state index contributed by atoms with van der Waals surface area (Å²) in [6.07, 6.45) is 3.35. The molecule has 0 aliphatic heterocycles. The second-order valence-electron chi connectivity index (χ2n) is 6.43. The first-order valence-electron chi connectivity index (χ1n) is 8.42. The molecule has 3 aromatic rings. The lowest BCUT2D eigenvalue weighted by molar-refractivity contribution is 0.515. The van der Waals surface area contributed by atoms with Crippen LogP contribution in [0.25, 0.3) is 0 Å². The fourth-order valence-electron chi connectivity index (χ4n) is 3.34. The van der Waals surface area contributed by atoms with E-state index in [1.165, 1.54) is 18.2 Å². The van der Waals surface area contributed by atoms with E-state index < -0.39 is 0 Å². The molecule has 2 aromatic carbocycles. The quantitative estimate of drug-likeness (QED) is 0.733. The van der Waals surface area contributed by atoms with E-state index in [1.54, 1.807) is 23.1 Å². The maximum absolute atomic E-state index is 13.6. The van der Waals surface area contributed by atoms with E-state index in [9.17, 15) is 8.78 Å². The second kappa shape index (κ2) is 7.13. The standard InChI is InChI=1S/C19H17ClF2N4/c20-16-8-15-13(7-17(16)22)4-5-18(15)23-9-19-24-11-26(25-19)10-12-2-1-3-14(21)6-12/h1-3,6-8,11,18,23H,4-5,9-10H2. The molecule has 1 aliphatic rings. The molecular weight excluding hydrogens is 358 g/mol. The summed E-state index contributed by atoms with van der Waals surface area (Å²) in [4.78, 5) is 4.29. The molecule has 4 rings (SSSR count). The lowest BCUT2D eigenvalue weighted by atomic mass is 10.1. The Morgan fingerprint density at radius 3 is 2.96 bits per heavy atom. The number of rotatable bonds is 5. The lowest BCUT2D eigenvalue weighted by Gasteiger charge is -2.13. The monoisotopic (exact) mass is 374 g/mol. The number of halogens is 3. The first-order valence-corrected chi connectivity index (χ1v) is 8.80. The number of nitrogens with one attached hydrogen (secondary N) is 1. The molecule has 0 saturated heterocycles. The molecule has 0 spiro atoms. The number of fused-ring (bicyclic) bond motifs is 1. The molecular formula is C19H17ClF2N4. The topological polar surface area (TPSA) is 42.7 Å². The van der Waals surface area contributed by atoms with Gasteiger partial charge >= 0.3 is 0 Å². The number of nitrogens with zero attached hydrogens (tertiary/aromatic N) is 3. The van der Waals surface area contributed by atoms with Gasteiger partial charge in [-0.25, -0.2) is 18.4 Å². The van der Waals surface area contributed by atoms with Gasteiger partial charge in [0.1, 0.15) is 18.0 Å². The first kappa shape index (κ1) is 17.1. The Bertz CT molecular complexity index is 941. The summed E-state index contributed by atoms with van der Waals surface area (Å²) in [6.45, 7) is 0.959. The molecule has 0 saturated carbocycles. The minimum Gasteiger partial charge on any atom is -0.303 e. The second-order valence-corrected chi connectivity index (χ2v) is 6.83. The third-order valence-corrected chi connectivity index (χ3v) is 4.87. The molecule has 134 valence electrons. The number of aryl methyl sites for hydroxylation is 1. The average Bonchev–Trinajstić information content (AvgIpc) is 3.20. The van der Waals surface area contributed by atoms with Crippen LogP contribution in [0, 0.1) is 11.6 Å². The van der Waals surface area contributed by atoms with E-state index in [0.717, 1.165) is 29.5 Å². The van der Waals surface area contributed by atoms with Crippen LogP contribution in [0.5, 0.6) is 0 Å². The summed E-state index contributed by atoms with van der Waals surface area (Å²) < 4.78 is 28.5. The minimum atomic E-state index is -0.371. The summed E-state index contributed by atoms with van der Waals surface area (Å²) in [5, 5.41) is 7.97. The minimum absolute atomic E-state index is 0.110. The zero-order chi connectivity index (χ0) is 18.1. The van der Waals surface area contributed by atoms with Crippen LogP contribution in [-0.4, -0.2) is 14.8 Å². The van der Waals surface area contributed by atoms with E-state index in [4.69, 9.17) is 11.6 Å². The summed E-state index contributed by atoms with van der Waals surface area (Å²) >= 11 is 5.91. The Kier molecular flexibility index (Phi) is 4.70. The summed E-state index contributed by atoms with van der Waals surface area (Å²) in [5.74, 6) is 0.0198. The lowest BCUT2D eigenvalue weighted by Crippen LogP contribution is -2.19. The fourth-order valence-corrected chi connectivity index (χ4v) is 3.51. The maximum atomic E-state index is 13.6. The number of aromatic nitrogens is 3. The molecule has 0 bridgehead atoms. The van der Waals surface area contributed by atoms with Gasteiger partial charge in [0.25, 0.3) is 0 Å². The van der Waals surface area contributed by atoms with Gasteiger partial charge in [-0.05, 0) is 53.8 Å². The van der Waals surface area contributed by atoms with Crippen LogP contribution in [-0.2, 0) is 19.5 Å². The van der Waals surface area contributed by atoms with Crippen molar-refractivity contribution in [2.24, 2.45) is 0 Å². The Balaban J connectivity index is 1.40. The van der Waals surface area contributed by atoms with Crippen molar-refractivity contribution in [2.75, 3.05) is 0 Å². The average molecular weight is 375 g/mol. The molecule has 0 fully saturated rings. The van der Waals surface area contributed by atoms with Crippen LogP contribution in [0.2, 0.25) is 5.02 Å². The third kappa shape index (κ3) is 3.61. The zero-order valence-corrected chi connectivity index (χ0v) is 14.7. The maximum Gasteiger partial charge on any atom is 0.164 e. The molecule has 7 heteroatoms. The number of hydrogen-bond donors (Lipinski definition) is 1. The van der Waals surface area contributed by atoms with Crippen LogP contribution in [0.1, 0.15) is 35.0 Å². The molecule has 1 atom stereocenters. The summed E-state index contributed by atoms with van der Waals surface area (Å²) in [5.41, 5.74) is 2.86. The van der Waals surface area contributed by atoms with E-state index in [1.807, 2.05) is 6.07 Å². The normalized spacial score (nSPS) is 16.0. The predicted octanol–water partition coefficient (Wildman–Crippen LogP) is 4.04. The number of hydrogen-bond acceptors (Lipinski definition) is 3. The molecule has 0 amide bonds. The van der Waals surface area contributed by atoms with Crippen LogP contribution in [0.3, 0.4) is 0 Å². The van der Waals surface area contributed by atoms with Crippen molar-refractivity contribution in [3.05, 3.63) is 81.9 Å². The molecule has 26 heavy (non-hydrogen) atoms. The molecule has 1 heterocycles. The van der Waals surface area contributed by atoms with E-state index in [-0.39, 0.29) is 22.7 Å². The summed E-state index contributed by atoms with van der Waals surface area (Å²) in [6, 6.07) is 9.75. The highest BCUT2D eigenvalue weighted by atomic mass is 35.5. The SMILES string of the molecule is Fc1cccc(Cn2cnc(CNC3CCc4cc(F)c(Cl)cc43)n2)c1. The fraction of sp³-hybridized carbons (Fsp3) is 0.263. The van der Waals surface area contributed by atoms with E-state index >= 15 is 0 Å². The Labute approximate surface area is 154 Å². The van der Waals surface area contributed by atoms with Gasteiger partial charge in [-0.1, -0.05) is 23.7 Å². The Hall–Kier alpha value is -2.31. The predicted molar refractivity (Wildman–Crippen MR) is 94.8 cm³/mol. The van der Waals surface area contributed by atoms with Gasteiger partial charge in [0.2, 0.25) is 0 Å². The van der Waals surface area contributed by atoms with Crippen LogP contribution in [0.4, 0.5) is 8.78 Å². The van der Waals surface area contributed by atoms with Gasteiger partial charge in [0, 0.05) is 6.04 Å². The van der Waals surface area contributed by atoms with E-state index in [2.05, 4.69) is 15.4 Å². The molecule has 1 aliphatic carbocycles. The van der Waals surface area contributed by atoms with Gasteiger partial charge in [-0.2, -0.15) is 5.10 Å². The molecule has 1 aromatic heterocycles. The van der Waals surface area contributed by atoms with Crippen molar-refractivity contribution >= 4 is 11.6 Å². The van der Waals surface area contributed by atoms with Gasteiger partial charge < -0.3 is 5.32 Å². The van der Waals surface area contributed by atoms with Crippen molar-refractivity contribution in [1.29, 1.82) is 0 Å². The Morgan fingerprint density at radius 1 is 1.23 bits per heavy atom. The van der Waals surface area contributed by atoms with Crippen molar-refractivity contribution in [1.82, 2.24) is 20.1 Å². The van der Waals surface area contributed by atoms with Gasteiger partial charge in [0.15, 0.2) is 5.82 Å². The van der Waals surface area contributed by atoms with Crippen molar-refractivity contribution in [3.63, 3.8) is 0 Å². The first-order chi connectivity index (χ1) is 12.6. The van der Waals surface area contributed by atoms with Gasteiger partial charge in [-0.15, -0.1) is 0 Å². The van der Waals surface area contributed by atoms with E-state index in [0.29, 0.717) is 18.9 Å². The molecule has 0 radical (unpaired) electrons. The summed E-state index contributed by atoms with van der Waals surface area (Å²) in [7, 11) is 0. The largest absolute Gasteiger partial charge is 0.303 e. The van der Waals surface area contributed by atoms with Crippen molar-refractivity contribution in [2.45, 2.75) is 32.0 Å². The van der Waals surface area contributed by atoms with Crippen molar-refractivity contribution in [3.8, 4) is 0 Å². The third-order valence-electron chi connectivity index (χ3n) is 4.58. The van der Waals surface area contributed by atoms with Crippen LogP contribution in [0.15, 0.2) is 42.7 Å². The van der Waals surface area contributed by atoms with Crippen LogP contribution < -0.4 is 5.32 Å². The molecule has 1 N–H and O–H groups in total. The molecule has 4 nitrogen and oxygen atoms in total. The highest BCUT2D eigenvalue weighted by molar-refractivity contribution is 6.30. The highest BCUT2D eigenvalue weighted by Gasteiger charge is 2.24. The molecule has 1 unspecified atom stereocenters. The Morgan fingerprint density at radius 2 is 2.12 bits per heavy atom. The number of benzene rings is 2. The van der Waals surface area contributed by atoms with Crippen molar-refractivity contribution < 1.29 is 8.78 Å². The highest BCUT2D eigenvalue weighted by Crippen LogP contribution is 2.34.